The number of sulfonamides is 1. The number of aromatic nitrogens is 3. The fourth-order valence-electron chi connectivity index (χ4n) is 2.80. The van der Waals surface area contributed by atoms with Gasteiger partial charge in [-0.2, -0.15) is 5.10 Å². The van der Waals surface area contributed by atoms with Crippen molar-refractivity contribution in [1.29, 1.82) is 0 Å². The first-order chi connectivity index (χ1) is 14.9. The number of rotatable bonds is 10. The minimum absolute atomic E-state index is 0.00697. The molecule has 1 aromatic heterocycles. The van der Waals surface area contributed by atoms with Gasteiger partial charge in [0.2, 0.25) is 5.91 Å². The third-order valence-corrected chi connectivity index (χ3v) is 6.95. The van der Waals surface area contributed by atoms with Crippen LogP contribution in [-0.2, 0) is 14.8 Å². The van der Waals surface area contributed by atoms with Crippen LogP contribution in [0.15, 0.2) is 64.9 Å². The average molecular weight is 462 g/mol. The predicted molar refractivity (Wildman–Crippen MR) is 119 cm³/mol. The van der Waals surface area contributed by atoms with Gasteiger partial charge in [0.15, 0.2) is 5.16 Å². The van der Waals surface area contributed by atoms with Crippen LogP contribution < -0.4 is 14.4 Å². The number of H-pyrrole nitrogens is 1. The van der Waals surface area contributed by atoms with Gasteiger partial charge in [-0.3, -0.25) is 14.2 Å². The summed E-state index contributed by atoms with van der Waals surface area (Å²) in [5, 5.41) is 9.88. The van der Waals surface area contributed by atoms with Crippen LogP contribution in [0.5, 0.6) is 5.75 Å². The van der Waals surface area contributed by atoms with Crippen molar-refractivity contribution < 1.29 is 17.9 Å². The van der Waals surface area contributed by atoms with Gasteiger partial charge in [-0.25, -0.2) is 13.4 Å². The lowest BCUT2D eigenvalue weighted by molar-refractivity contribution is -0.119. The minimum atomic E-state index is -4.06. The van der Waals surface area contributed by atoms with Gasteiger partial charge in [-0.15, -0.1) is 0 Å². The Kier molecular flexibility index (Phi) is 7.53. The van der Waals surface area contributed by atoms with Crippen molar-refractivity contribution in [3.05, 3.63) is 60.4 Å². The summed E-state index contributed by atoms with van der Waals surface area (Å²) in [6.45, 7) is 1.78. The molecule has 2 aromatic carbocycles. The number of carbonyl (C=O) groups is 1. The van der Waals surface area contributed by atoms with E-state index in [0.717, 1.165) is 9.87 Å². The Morgan fingerprint density at radius 3 is 2.68 bits per heavy atom. The molecule has 0 fully saturated rings. The van der Waals surface area contributed by atoms with E-state index < -0.39 is 15.9 Å². The molecule has 0 spiro atoms. The zero-order valence-corrected chi connectivity index (χ0v) is 18.7. The van der Waals surface area contributed by atoms with Crippen molar-refractivity contribution in [3.63, 3.8) is 0 Å². The van der Waals surface area contributed by atoms with Gasteiger partial charge >= 0.3 is 0 Å². The maximum Gasteiger partial charge on any atom is 0.268 e. The number of ether oxygens (including phenoxy) is 1. The standard InChI is InChI=1S/C20H23N5O4S2/c1-15-8-9-17(29-2)18(12-15)31(27,28)25(16-6-4-3-5-7-16)13-19(26)21-10-11-30-20-22-14-23-24-20/h3-9,12,14H,10-11,13H2,1-2H3,(H,21,26)(H,22,23,24). The number of hydrogen-bond donors (Lipinski definition) is 2. The molecule has 0 atom stereocenters. The number of nitrogens with one attached hydrogen (secondary N) is 2. The number of methoxy groups -OCH3 is 1. The normalized spacial score (nSPS) is 11.2. The second-order valence-electron chi connectivity index (χ2n) is 6.49. The van der Waals surface area contributed by atoms with Crippen LogP contribution in [0.3, 0.4) is 0 Å². The van der Waals surface area contributed by atoms with E-state index in [0.29, 0.717) is 23.1 Å². The molecule has 2 N–H and O–H groups in total. The van der Waals surface area contributed by atoms with Gasteiger partial charge in [0.1, 0.15) is 23.5 Å². The molecular weight excluding hydrogens is 438 g/mol. The number of amides is 1. The highest BCUT2D eigenvalue weighted by molar-refractivity contribution is 7.99. The number of benzene rings is 2. The summed E-state index contributed by atoms with van der Waals surface area (Å²) in [7, 11) is -2.65. The lowest BCUT2D eigenvalue weighted by Gasteiger charge is -2.25. The number of aryl methyl sites for hydroxylation is 1. The first-order valence-corrected chi connectivity index (χ1v) is 11.8. The van der Waals surface area contributed by atoms with Crippen molar-refractivity contribution in [2.45, 2.75) is 17.0 Å². The van der Waals surface area contributed by atoms with Gasteiger partial charge in [0.25, 0.3) is 10.0 Å². The topological polar surface area (TPSA) is 117 Å². The van der Waals surface area contributed by atoms with Crippen LogP contribution >= 0.6 is 11.8 Å². The maximum atomic E-state index is 13.5. The smallest absolute Gasteiger partial charge is 0.268 e. The second-order valence-corrected chi connectivity index (χ2v) is 9.40. The Bertz CT molecular complexity index is 1110. The Morgan fingerprint density at radius 2 is 2.00 bits per heavy atom. The summed E-state index contributed by atoms with van der Waals surface area (Å²) < 4.78 is 33.4. The maximum absolute atomic E-state index is 13.5. The molecule has 0 aliphatic heterocycles. The second kappa shape index (κ2) is 10.3. The van der Waals surface area contributed by atoms with Gasteiger partial charge in [-0.05, 0) is 36.8 Å². The molecule has 0 radical (unpaired) electrons. The largest absolute Gasteiger partial charge is 0.495 e. The summed E-state index contributed by atoms with van der Waals surface area (Å²) in [6, 6.07) is 13.4. The van der Waals surface area contributed by atoms with E-state index in [4.69, 9.17) is 4.74 Å². The first-order valence-electron chi connectivity index (χ1n) is 9.39. The van der Waals surface area contributed by atoms with Crippen molar-refractivity contribution in [2.24, 2.45) is 0 Å². The number of anilines is 1. The summed E-state index contributed by atoms with van der Waals surface area (Å²) in [5.74, 6) is 0.359. The molecule has 1 amide bonds. The number of hydrogen-bond acceptors (Lipinski definition) is 7. The fourth-order valence-corrected chi connectivity index (χ4v) is 5.10. The van der Waals surface area contributed by atoms with Gasteiger partial charge < -0.3 is 10.1 Å². The summed E-state index contributed by atoms with van der Waals surface area (Å²) in [4.78, 5) is 16.6. The van der Waals surface area contributed by atoms with Crippen LogP contribution in [0.2, 0.25) is 0 Å². The lowest BCUT2D eigenvalue weighted by atomic mass is 10.2. The Balaban J connectivity index is 1.79. The molecule has 0 aliphatic rings. The van der Waals surface area contributed by atoms with Crippen LogP contribution in [0.25, 0.3) is 0 Å². The Morgan fingerprint density at radius 1 is 1.23 bits per heavy atom. The first kappa shape index (κ1) is 22.6. The summed E-state index contributed by atoms with van der Waals surface area (Å²) >= 11 is 1.40. The minimum Gasteiger partial charge on any atom is -0.495 e. The molecule has 0 unspecified atom stereocenters. The van der Waals surface area contributed by atoms with E-state index in [9.17, 15) is 13.2 Å². The quantitative estimate of drug-likeness (QED) is 0.351. The zero-order chi connectivity index (χ0) is 22.3. The summed E-state index contributed by atoms with van der Waals surface area (Å²) in [6.07, 6.45) is 1.41. The highest BCUT2D eigenvalue weighted by Gasteiger charge is 2.30. The van der Waals surface area contributed by atoms with Crippen LogP contribution in [0.4, 0.5) is 5.69 Å². The van der Waals surface area contributed by atoms with E-state index in [-0.39, 0.29) is 17.2 Å². The van der Waals surface area contributed by atoms with E-state index in [1.54, 1.807) is 49.4 Å². The van der Waals surface area contributed by atoms with Crippen molar-refractivity contribution in [3.8, 4) is 5.75 Å². The molecule has 0 aliphatic carbocycles. The highest BCUT2D eigenvalue weighted by atomic mass is 32.2. The number of nitrogens with zero attached hydrogens (tertiary/aromatic N) is 3. The number of para-hydroxylation sites is 1. The molecule has 0 saturated carbocycles. The average Bonchev–Trinajstić information content (AvgIpc) is 3.29. The lowest BCUT2D eigenvalue weighted by Crippen LogP contribution is -2.41. The van der Waals surface area contributed by atoms with Crippen molar-refractivity contribution in [2.75, 3.05) is 30.3 Å². The Hall–Kier alpha value is -3.05. The van der Waals surface area contributed by atoms with Gasteiger partial charge in [-0.1, -0.05) is 36.0 Å². The van der Waals surface area contributed by atoms with Gasteiger partial charge in [0, 0.05) is 12.3 Å². The van der Waals surface area contributed by atoms with E-state index in [1.165, 1.54) is 31.3 Å². The molecule has 11 heteroatoms. The van der Waals surface area contributed by atoms with E-state index in [2.05, 4.69) is 20.5 Å². The van der Waals surface area contributed by atoms with Crippen LogP contribution in [0.1, 0.15) is 5.56 Å². The predicted octanol–water partition coefficient (Wildman–Crippen LogP) is 2.23. The zero-order valence-electron chi connectivity index (χ0n) is 17.1. The van der Waals surface area contributed by atoms with E-state index >= 15 is 0 Å². The fraction of sp³-hybridized carbons (Fsp3) is 0.250. The van der Waals surface area contributed by atoms with Crippen LogP contribution in [0, 0.1) is 6.92 Å². The number of carbonyl (C=O) groups excluding carboxylic acids is 1. The molecule has 31 heavy (non-hydrogen) atoms. The molecule has 1 heterocycles. The molecular formula is C20H23N5O4S2. The number of thioether (sulfide) groups is 1. The molecule has 3 rings (SSSR count). The molecule has 164 valence electrons. The monoisotopic (exact) mass is 461 g/mol. The van der Waals surface area contributed by atoms with Crippen LogP contribution in [-0.4, -0.2) is 55.5 Å². The Labute approximate surface area is 185 Å². The molecule has 0 bridgehead atoms. The molecule has 3 aromatic rings. The number of aromatic amines is 1. The molecule has 9 nitrogen and oxygen atoms in total. The van der Waals surface area contributed by atoms with Crippen molar-refractivity contribution in [1.82, 2.24) is 20.5 Å². The highest BCUT2D eigenvalue weighted by Crippen LogP contribution is 2.30. The molecule has 0 saturated heterocycles. The van der Waals surface area contributed by atoms with Crippen molar-refractivity contribution >= 4 is 33.4 Å². The third kappa shape index (κ3) is 5.76. The van der Waals surface area contributed by atoms with Gasteiger partial charge in [0.05, 0.1) is 12.8 Å². The van der Waals surface area contributed by atoms with E-state index in [1.807, 2.05) is 0 Å². The summed E-state index contributed by atoms with van der Waals surface area (Å²) in [5.41, 5.74) is 1.15. The SMILES string of the molecule is COc1ccc(C)cc1S(=O)(=O)N(CC(=O)NCCSc1ncn[nH]1)c1ccccc1. The third-order valence-electron chi connectivity index (χ3n) is 4.27.